The summed E-state index contributed by atoms with van der Waals surface area (Å²) in [6.07, 6.45) is 5.18. The third-order valence-electron chi connectivity index (χ3n) is 1.80. The van der Waals surface area contributed by atoms with Gasteiger partial charge in [-0.2, -0.15) is 5.11 Å². The molecule has 10 heavy (non-hydrogen) atoms. The maximum Gasteiger partial charge on any atom is 0.0657 e. The summed E-state index contributed by atoms with van der Waals surface area (Å²) in [6, 6.07) is 0. The molecule has 0 radical (unpaired) electrons. The van der Waals surface area contributed by atoms with E-state index in [-0.39, 0.29) is 0 Å². The molecule has 1 rings (SSSR count). The minimum Gasteiger partial charge on any atom is -0.205 e. The van der Waals surface area contributed by atoms with Gasteiger partial charge in [0.05, 0.1) is 5.70 Å². The van der Waals surface area contributed by atoms with Crippen molar-refractivity contribution in [1.29, 1.82) is 5.53 Å². The highest BCUT2D eigenvalue weighted by molar-refractivity contribution is 5.26. The molecule has 1 unspecified atom stereocenters. The van der Waals surface area contributed by atoms with Gasteiger partial charge in [0.25, 0.3) is 0 Å². The van der Waals surface area contributed by atoms with Gasteiger partial charge in [-0.25, -0.2) is 5.53 Å². The van der Waals surface area contributed by atoms with Crippen LogP contribution in [0, 0.1) is 11.4 Å². The van der Waals surface area contributed by atoms with Crippen LogP contribution in [0.3, 0.4) is 0 Å². The maximum atomic E-state index is 6.85. The lowest BCUT2D eigenvalue weighted by atomic mass is 9.96. The molecule has 2 heteroatoms. The van der Waals surface area contributed by atoms with Crippen LogP contribution in [-0.4, -0.2) is 0 Å². The molecular weight excluding hydrogens is 124 g/mol. The Balaban J connectivity index is 2.83. The van der Waals surface area contributed by atoms with E-state index in [4.69, 9.17) is 5.53 Å². The third-order valence-corrected chi connectivity index (χ3v) is 1.80. The van der Waals surface area contributed by atoms with Crippen molar-refractivity contribution >= 4 is 0 Å². The lowest BCUT2D eigenvalue weighted by molar-refractivity contribution is 0.656. The minimum absolute atomic E-state index is 0.432. The van der Waals surface area contributed by atoms with Crippen LogP contribution in [0.25, 0.3) is 0 Å². The van der Waals surface area contributed by atoms with Gasteiger partial charge >= 0.3 is 0 Å². The highest BCUT2D eigenvalue weighted by Gasteiger charge is 2.10. The molecule has 2 nitrogen and oxygen atoms in total. The van der Waals surface area contributed by atoms with Crippen LogP contribution in [0.15, 0.2) is 28.5 Å². The molecule has 0 aromatic rings. The number of rotatable bonds is 1. The van der Waals surface area contributed by atoms with Crippen LogP contribution in [0.2, 0.25) is 0 Å². The molecule has 0 amide bonds. The van der Waals surface area contributed by atoms with Crippen molar-refractivity contribution in [3.8, 4) is 0 Å². The molecule has 1 atom stereocenters. The summed E-state index contributed by atoms with van der Waals surface area (Å²) in [5.74, 6) is 0.432. The lowest BCUT2D eigenvalue weighted by Crippen LogP contribution is -1.99. The molecule has 0 fully saturated rings. The number of hydrogen-bond acceptors (Lipinski definition) is 2. The average Bonchev–Trinajstić information content (AvgIpc) is 1.94. The first kappa shape index (κ1) is 7.19. The molecule has 0 saturated heterocycles. The Bertz CT molecular complexity index is 201. The molecule has 54 valence electrons. The van der Waals surface area contributed by atoms with Crippen molar-refractivity contribution < 1.29 is 0 Å². The van der Waals surface area contributed by atoms with E-state index in [1.807, 2.05) is 13.0 Å². The largest absolute Gasteiger partial charge is 0.205 e. The molecular formula is C8H12N2. The SMILES string of the molecule is CC1=CCC(C)C(N=N)=C1. The van der Waals surface area contributed by atoms with E-state index in [2.05, 4.69) is 18.1 Å². The summed E-state index contributed by atoms with van der Waals surface area (Å²) < 4.78 is 0. The summed E-state index contributed by atoms with van der Waals surface area (Å²) in [7, 11) is 0. The Morgan fingerprint density at radius 3 is 2.90 bits per heavy atom. The van der Waals surface area contributed by atoms with Crippen LogP contribution >= 0.6 is 0 Å². The van der Waals surface area contributed by atoms with Crippen molar-refractivity contribution in [1.82, 2.24) is 0 Å². The molecule has 0 aromatic carbocycles. The monoisotopic (exact) mass is 136 g/mol. The maximum absolute atomic E-state index is 6.85. The standard InChI is InChI=1S/C8H12N2/c1-6-3-4-7(2)8(5-6)10-9/h3,5,7,9H,4H2,1-2H3. The first-order valence-electron chi connectivity index (χ1n) is 3.50. The van der Waals surface area contributed by atoms with Gasteiger partial charge in [-0.3, -0.25) is 0 Å². The van der Waals surface area contributed by atoms with Gasteiger partial charge in [0.15, 0.2) is 0 Å². The van der Waals surface area contributed by atoms with Crippen molar-refractivity contribution in [2.45, 2.75) is 20.3 Å². The van der Waals surface area contributed by atoms with E-state index in [0.29, 0.717) is 5.92 Å². The second-order valence-corrected chi connectivity index (χ2v) is 2.77. The van der Waals surface area contributed by atoms with Crippen LogP contribution in [0.4, 0.5) is 0 Å². The van der Waals surface area contributed by atoms with Crippen molar-refractivity contribution in [3.63, 3.8) is 0 Å². The summed E-state index contributed by atoms with van der Waals surface area (Å²) in [6.45, 7) is 4.13. The summed E-state index contributed by atoms with van der Waals surface area (Å²) in [5.41, 5.74) is 8.98. The van der Waals surface area contributed by atoms with Crippen LogP contribution in [0.5, 0.6) is 0 Å². The van der Waals surface area contributed by atoms with E-state index in [9.17, 15) is 0 Å². The van der Waals surface area contributed by atoms with Crippen LogP contribution in [0.1, 0.15) is 20.3 Å². The highest BCUT2D eigenvalue weighted by Crippen LogP contribution is 2.23. The Morgan fingerprint density at radius 1 is 1.70 bits per heavy atom. The molecule has 1 aliphatic carbocycles. The molecule has 0 aliphatic heterocycles. The molecule has 1 N–H and O–H groups in total. The molecule has 0 spiro atoms. The Morgan fingerprint density at radius 2 is 2.40 bits per heavy atom. The third kappa shape index (κ3) is 1.32. The zero-order chi connectivity index (χ0) is 7.56. The van der Waals surface area contributed by atoms with Crippen molar-refractivity contribution in [2.75, 3.05) is 0 Å². The van der Waals surface area contributed by atoms with Gasteiger partial charge in [-0.1, -0.05) is 18.6 Å². The topological polar surface area (TPSA) is 36.2 Å². The Hall–Kier alpha value is -0.920. The van der Waals surface area contributed by atoms with Crippen LogP contribution in [-0.2, 0) is 0 Å². The highest BCUT2D eigenvalue weighted by atomic mass is 15.0. The normalized spacial score (nSPS) is 25.2. The van der Waals surface area contributed by atoms with Gasteiger partial charge in [0.1, 0.15) is 0 Å². The zero-order valence-electron chi connectivity index (χ0n) is 6.39. The second kappa shape index (κ2) is 2.78. The molecule has 0 bridgehead atoms. The van der Waals surface area contributed by atoms with E-state index in [1.54, 1.807) is 0 Å². The second-order valence-electron chi connectivity index (χ2n) is 2.77. The molecule has 0 aromatic heterocycles. The zero-order valence-corrected chi connectivity index (χ0v) is 6.39. The number of hydrogen-bond donors (Lipinski definition) is 1. The van der Waals surface area contributed by atoms with Gasteiger partial charge < -0.3 is 0 Å². The summed E-state index contributed by atoms with van der Waals surface area (Å²) in [5, 5.41) is 3.45. The fraction of sp³-hybridized carbons (Fsp3) is 0.500. The quantitative estimate of drug-likeness (QED) is 0.538. The number of allylic oxidation sites excluding steroid dienone is 4. The van der Waals surface area contributed by atoms with Crippen LogP contribution < -0.4 is 0 Å². The predicted octanol–water partition coefficient (Wildman–Crippen LogP) is 2.89. The Kier molecular flexibility index (Phi) is 2.00. The Labute approximate surface area is 61.1 Å². The molecule has 0 saturated carbocycles. The van der Waals surface area contributed by atoms with Gasteiger partial charge in [-0.15, -0.1) is 0 Å². The van der Waals surface area contributed by atoms with E-state index in [0.717, 1.165) is 12.1 Å². The summed E-state index contributed by atoms with van der Waals surface area (Å²) >= 11 is 0. The molecule has 0 heterocycles. The smallest absolute Gasteiger partial charge is 0.0657 e. The van der Waals surface area contributed by atoms with E-state index in [1.165, 1.54) is 5.57 Å². The lowest BCUT2D eigenvalue weighted by Gasteiger charge is -2.13. The number of nitrogens with zero attached hydrogens (tertiary/aromatic N) is 1. The van der Waals surface area contributed by atoms with Crippen molar-refractivity contribution in [2.24, 2.45) is 11.0 Å². The minimum atomic E-state index is 0.432. The first-order chi connectivity index (χ1) is 4.74. The fourth-order valence-electron chi connectivity index (χ4n) is 1.06. The number of nitrogens with one attached hydrogen (secondary N) is 1. The predicted molar refractivity (Wildman–Crippen MR) is 40.8 cm³/mol. The van der Waals surface area contributed by atoms with Crippen molar-refractivity contribution in [3.05, 3.63) is 23.4 Å². The van der Waals surface area contributed by atoms with Gasteiger partial charge in [0.2, 0.25) is 0 Å². The van der Waals surface area contributed by atoms with E-state index < -0.39 is 0 Å². The first-order valence-corrected chi connectivity index (χ1v) is 3.50. The fourth-order valence-corrected chi connectivity index (χ4v) is 1.06. The van der Waals surface area contributed by atoms with E-state index >= 15 is 0 Å². The van der Waals surface area contributed by atoms with Gasteiger partial charge in [0, 0.05) is 5.92 Å². The van der Waals surface area contributed by atoms with Gasteiger partial charge in [-0.05, 0) is 19.4 Å². The molecule has 1 aliphatic rings. The average molecular weight is 136 g/mol. The summed E-state index contributed by atoms with van der Waals surface area (Å²) in [4.78, 5) is 0.